The van der Waals surface area contributed by atoms with Gasteiger partial charge in [-0.2, -0.15) is 23.1 Å². The minimum absolute atomic E-state index is 0.231. The molecule has 0 saturated carbocycles. The number of benzene rings is 1. The Kier molecular flexibility index (Phi) is 6.15. The Bertz CT molecular complexity index is 869. The van der Waals surface area contributed by atoms with Crippen LogP contribution in [0.2, 0.25) is 0 Å². The van der Waals surface area contributed by atoms with Crippen molar-refractivity contribution in [3.8, 4) is 12.3 Å². The summed E-state index contributed by atoms with van der Waals surface area (Å²) in [5.74, 6) is -0.541. The van der Waals surface area contributed by atoms with Crippen LogP contribution in [-0.2, 0) is 4.79 Å². The van der Waals surface area contributed by atoms with Gasteiger partial charge in [0.2, 0.25) is 0 Å². The van der Waals surface area contributed by atoms with Crippen LogP contribution in [0.4, 0.5) is 18.9 Å². The van der Waals surface area contributed by atoms with E-state index in [1.165, 1.54) is 6.20 Å². The van der Waals surface area contributed by atoms with Crippen LogP contribution in [0, 0.1) is 12.3 Å². The fraction of sp³-hybridized carbons (Fsp3) is 0.250. The fourth-order valence-corrected chi connectivity index (χ4v) is 1.90. The standard InChI is InChI=1S/C14H13N5O.C2HF3O2/c1-2-10-5-3-4-6-12(10)17-14(20)13-9-16-19(18-13)11-7-15-8-11;3-2(4,5)1(6)7/h1,3-6,9,11,15H,7-8H2,(H,17,20);(H,6,7). The number of alkyl halides is 3. The fourth-order valence-electron chi connectivity index (χ4n) is 1.90. The van der Waals surface area contributed by atoms with Crippen molar-refractivity contribution in [2.75, 3.05) is 18.4 Å². The molecule has 1 amide bonds. The quantitative estimate of drug-likeness (QED) is 0.692. The van der Waals surface area contributed by atoms with Gasteiger partial charge in [-0.25, -0.2) is 4.79 Å². The Hall–Kier alpha value is -3.39. The van der Waals surface area contributed by atoms with Gasteiger partial charge < -0.3 is 15.7 Å². The molecule has 3 N–H and O–H groups in total. The molecule has 0 unspecified atom stereocenters. The van der Waals surface area contributed by atoms with Crippen LogP contribution in [0.25, 0.3) is 0 Å². The summed E-state index contributed by atoms with van der Waals surface area (Å²) < 4.78 is 31.7. The summed E-state index contributed by atoms with van der Waals surface area (Å²) in [6.07, 6.45) is 1.78. The van der Waals surface area contributed by atoms with Crippen LogP contribution in [0.15, 0.2) is 30.5 Å². The van der Waals surface area contributed by atoms with Crippen molar-refractivity contribution < 1.29 is 27.9 Å². The van der Waals surface area contributed by atoms with Crippen LogP contribution in [0.5, 0.6) is 0 Å². The third-order valence-corrected chi connectivity index (χ3v) is 3.40. The third-order valence-electron chi connectivity index (χ3n) is 3.40. The van der Waals surface area contributed by atoms with Crippen molar-refractivity contribution in [2.24, 2.45) is 0 Å². The normalized spacial score (nSPS) is 13.6. The lowest BCUT2D eigenvalue weighted by molar-refractivity contribution is -0.192. The number of carbonyl (C=O) groups is 2. The number of nitrogens with zero attached hydrogens (tertiary/aromatic N) is 3. The number of halogens is 3. The zero-order chi connectivity index (χ0) is 20.0. The van der Waals surface area contributed by atoms with E-state index in [1.807, 2.05) is 12.1 Å². The summed E-state index contributed by atoms with van der Waals surface area (Å²) in [4.78, 5) is 22.6. The molecule has 1 aromatic heterocycles. The molecule has 0 spiro atoms. The van der Waals surface area contributed by atoms with Gasteiger partial charge in [0.15, 0.2) is 5.69 Å². The lowest BCUT2D eigenvalue weighted by atomic mass is 10.2. The molecule has 3 rings (SSSR count). The maximum Gasteiger partial charge on any atom is 0.490 e. The van der Waals surface area contributed by atoms with E-state index in [0.717, 1.165) is 13.1 Å². The van der Waals surface area contributed by atoms with Crippen molar-refractivity contribution in [3.05, 3.63) is 41.7 Å². The van der Waals surface area contributed by atoms with Gasteiger partial charge in [0.25, 0.3) is 5.91 Å². The first kappa shape index (κ1) is 19.9. The molecule has 1 saturated heterocycles. The lowest BCUT2D eigenvalue weighted by Crippen LogP contribution is -2.44. The molecular weight excluding hydrogens is 367 g/mol. The van der Waals surface area contributed by atoms with Gasteiger partial charge >= 0.3 is 12.1 Å². The molecule has 0 radical (unpaired) electrons. The SMILES string of the molecule is C#Cc1ccccc1NC(=O)c1cnn(C2CNC2)n1.O=C(O)C(F)(F)F. The van der Waals surface area contributed by atoms with Crippen molar-refractivity contribution >= 4 is 17.6 Å². The predicted molar refractivity (Wildman–Crippen MR) is 87.9 cm³/mol. The zero-order valence-electron chi connectivity index (χ0n) is 13.7. The molecule has 1 aliphatic heterocycles. The highest BCUT2D eigenvalue weighted by molar-refractivity contribution is 6.03. The Labute approximate surface area is 151 Å². The Morgan fingerprint density at radius 2 is 1.96 bits per heavy atom. The van der Waals surface area contributed by atoms with Crippen LogP contribution < -0.4 is 10.6 Å². The zero-order valence-corrected chi connectivity index (χ0v) is 13.7. The maximum atomic E-state index is 12.1. The molecule has 1 fully saturated rings. The first-order valence-corrected chi connectivity index (χ1v) is 7.52. The summed E-state index contributed by atoms with van der Waals surface area (Å²) in [6.45, 7) is 1.66. The van der Waals surface area contributed by atoms with E-state index in [9.17, 15) is 18.0 Å². The second-order valence-corrected chi connectivity index (χ2v) is 5.31. The number of amides is 1. The Morgan fingerprint density at radius 3 is 2.48 bits per heavy atom. The van der Waals surface area contributed by atoms with Gasteiger partial charge in [-0.15, -0.1) is 11.5 Å². The minimum Gasteiger partial charge on any atom is -0.475 e. The van der Waals surface area contributed by atoms with E-state index in [0.29, 0.717) is 11.3 Å². The molecule has 27 heavy (non-hydrogen) atoms. The third kappa shape index (κ3) is 5.29. The highest BCUT2D eigenvalue weighted by Gasteiger charge is 2.38. The number of carboxylic acid groups (broad SMARTS) is 1. The predicted octanol–water partition coefficient (Wildman–Crippen LogP) is 1.29. The van der Waals surface area contributed by atoms with Gasteiger partial charge in [-0.05, 0) is 12.1 Å². The van der Waals surface area contributed by atoms with Gasteiger partial charge in [-0.1, -0.05) is 18.1 Å². The van der Waals surface area contributed by atoms with Crippen LogP contribution in [0.3, 0.4) is 0 Å². The number of aliphatic carboxylic acids is 1. The van der Waals surface area contributed by atoms with Gasteiger partial charge in [-0.3, -0.25) is 4.79 Å². The summed E-state index contributed by atoms with van der Waals surface area (Å²) in [5.41, 5.74) is 1.51. The smallest absolute Gasteiger partial charge is 0.475 e. The summed E-state index contributed by atoms with van der Waals surface area (Å²) >= 11 is 0. The monoisotopic (exact) mass is 381 g/mol. The molecular formula is C16H14F3N5O3. The second-order valence-electron chi connectivity index (χ2n) is 5.31. The summed E-state index contributed by atoms with van der Waals surface area (Å²) in [7, 11) is 0. The van der Waals surface area contributed by atoms with Gasteiger partial charge in [0, 0.05) is 18.7 Å². The number of nitrogens with one attached hydrogen (secondary N) is 2. The van der Waals surface area contributed by atoms with E-state index in [4.69, 9.17) is 16.3 Å². The Morgan fingerprint density at radius 1 is 1.33 bits per heavy atom. The number of carboxylic acids is 1. The number of terminal acetylenes is 1. The minimum atomic E-state index is -5.08. The van der Waals surface area contributed by atoms with Crippen LogP contribution in [-0.4, -0.2) is 51.2 Å². The van der Waals surface area contributed by atoms with Crippen LogP contribution in [0.1, 0.15) is 22.1 Å². The van der Waals surface area contributed by atoms with Crippen molar-refractivity contribution in [1.82, 2.24) is 20.3 Å². The molecule has 2 heterocycles. The summed E-state index contributed by atoms with van der Waals surface area (Å²) in [6, 6.07) is 7.40. The number of carbonyl (C=O) groups excluding carboxylic acids is 1. The lowest BCUT2D eigenvalue weighted by Gasteiger charge is -2.25. The van der Waals surface area contributed by atoms with Gasteiger partial charge in [0.05, 0.1) is 17.9 Å². The molecule has 0 aliphatic carbocycles. The number of para-hydroxylation sites is 1. The van der Waals surface area contributed by atoms with Crippen LogP contribution >= 0.6 is 0 Å². The summed E-state index contributed by atoms with van der Waals surface area (Å²) in [5, 5.41) is 21.3. The highest BCUT2D eigenvalue weighted by atomic mass is 19.4. The van der Waals surface area contributed by atoms with E-state index < -0.39 is 12.1 Å². The number of hydrogen-bond donors (Lipinski definition) is 3. The maximum absolute atomic E-state index is 12.1. The van der Waals surface area contributed by atoms with E-state index in [1.54, 1.807) is 16.9 Å². The first-order valence-electron chi connectivity index (χ1n) is 7.52. The molecule has 8 nitrogen and oxygen atoms in total. The average molecular weight is 381 g/mol. The number of rotatable bonds is 3. The molecule has 11 heteroatoms. The topological polar surface area (TPSA) is 109 Å². The van der Waals surface area contributed by atoms with Crippen molar-refractivity contribution in [3.63, 3.8) is 0 Å². The molecule has 0 bridgehead atoms. The van der Waals surface area contributed by atoms with Crippen molar-refractivity contribution in [2.45, 2.75) is 12.2 Å². The first-order chi connectivity index (χ1) is 12.7. The van der Waals surface area contributed by atoms with E-state index in [-0.39, 0.29) is 17.6 Å². The van der Waals surface area contributed by atoms with Gasteiger partial charge in [0.1, 0.15) is 0 Å². The molecule has 1 aromatic carbocycles. The number of hydrogen-bond acceptors (Lipinski definition) is 5. The number of aromatic nitrogens is 3. The molecule has 0 atom stereocenters. The van der Waals surface area contributed by atoms with E-state index in [2.05, 4.69) is 26.8 Å². The molecule has 142 valence electrons. The Balaban J connectivity index is 0.000000321. The second kappa shape index (κ2) is 8.33. The highest BCUT2D eigenvalue weighted by Crippen LogP contribution is 2.15. The average Bonchev–Trinajstić information content (AvgIpc) is 3.03. The van der Waals surface area contributed by atoms with Crippen molar-refractivity contribution in [1.29, 1.82) is 0 Å². The van der Waals surface area contributed by atoms with E-state index >= 15 is 0 Å². The molecule has 2 aromatic rings. The number of anilines is 1. The molecule has 1 aliphatic rings. The largest absolute Gasteiger partial charge is 0.490 e.